The van der Waals surface area contributed by atoms with Crippen molar-refractivity contribution in [3.63, 3.8) is 0 Å². The van der Waals surface area contributed by atoms with Gasteiger partial charge in [-0.05, 0) is 30.3 Å². The summed E-state index contributed by atoms with van der Waals surface area (Å²) in [4.78, 5) is 11.9. The molecule has 6 heteroatoms. The van der Waals surface area contributed by atoms with Crippen LogP contribution in [-0.2, 0) is 0 Å². The zero-order chi connectivity index (χ0) is 14.0. The standard InChI is InChI=1S/C13H7BrClF2NO/c14-8-3-7(4-9(15)5-8)13(19)18-12-6-10(16)1-2-11(12)17/h1-6H,(H,18,19). The Morgan fingerprint density at radius 3 is 2.58 bits per heavy atom. The molecular formula is C13H7BrClF2NO. The highest BCUT2D eigenvalue weighted by atomic mass is 79.9. The van der Waals surface area contributed by atoms with Gasteiger partial charge in [0, 0.05) is 21.1 Å². The molecule has 0 aromatic heterocycles. The number of amides is 1. The first-order valence-electron chi connectivity index (χ1n) is 5.18. The second-order valence-electron chi connectivity index (χ2n) is 3.74. The number of hydrogen-bond acceptors (Lipinski definition) is 1. The molecule has 2 nitrogen and oxygen atoms in total. The van der Waals surface area contributed by atoms with Gasteiger partial charge in [0.05, 0.1) is 5.69 Å². The van der Waals surface area contributed by atoms with Crippen molar-refractivity contribution in [3.8, 4) is 0 Å². The largest absolute Gasteiger partial charge is 0.319 e. The van der Waals surface area contributed by atoms with Crippen molar-refractivity contribution in [3.05, 3.63) is 63.1 Å². The zero-order valence-corrected chi connectivity index (χ0v) is 11.7. The third-order valence-corrected chi connectivity index (χ3v) is 2.98. The molecule has 2 aromatic rings. The average molecular weight is 347 g/mol. The number of benzene rings is 2. The number of anilines is 1. The zero-order valence-electron chi connectivity index (χ0n) is 9.38. The highest BCUT2D eigenvalue weighted by Gasteiger charge is 2.11. The second kappa shape index (κ2) is 5.67. The Kier molecular flexibility index (Phi) is 4.17. The van der Waals surface area contributed by atoms with Gasteiger partial charge in [-0.15, -0.1) is 0 Å². The molecule has 19 heavy (non-hydrogen) atoms. The van der Waals surface area contributed by atoms with Crippen molar-refractivity contribution in [1.29, 1.82) is 0 Å². The van der Waals surface area contributed by atoms with Gasteiger partial charge >= 0.3 is 0 Å². The number of nitrogens with one attached hydrogen (secondary N) is 1. The lowest BCUT2D eigenvalue weighted by Crippen LogP contribution is -2.13. The van der Waals surface area contributed by atoms with Crippen molar-refractivity contribution >= 4 is 39.1 Å². The molecular weight excluding hydrogens is 340 g/mol. The molecule has 98 valence electrons. The average Bonchev–Trinajstić information content (AvgIpc) is 2.32. The van der Waals surface area contributed by atoms with Gasteiger partial charge in [-0.3, -0.25) is 4.79 Å². The minimum Gasteiger partial charge on any atom is -0.319 e. The minimum absolute atomic E-state index is 0.221. The first-order chi connectivity index (χ1) is 8.95. The molecule has 2 aromatic carbocycles. The Balaban J connectivity index is 2.28. The molecule has 0 aliphatic heterocycles. The van der Waals surface area contributed by atoms with Crippen LogP contribution >= 0.6 is 27.5 Å². The lowest BCUT2D eigenvalue weighted by atomic mass is 10.2. The second-order valence-corrected chi connectivity index (χ2v) is 5.09. The maximum Gasteiger partial charge on any atom is 0.255 e. The molecule has 0 unspecified atom stereocenters. The summed E-state index contributed by atoms with van der Waals surface area (Å²) in [5.74, 6) is -1.92. The van der Waals surface area contributed by atoms with Crippen molar-refractivity contribution in [2.45, 2.75) is 0 Å². The van der Waals surface area contributed by atoms with Crippen LogP contribution in [0.4, 0.5) is 14.5 Å². The van der Waals surface area contributed by atoms with Gasteiger partial charge in [0.15, 0.2) is 0 Å². The number of rotatable bonds is 2. The predicted octanol–water partition coefficient (Wildman–Crippen LogP) is 4.63. The Bertz CT molecular complexity index is 628. The van der Waals surface area contributed by atoms with Gasteiger partial charge in [0.1, 0.15) is 11.6 Å². The van der Waals surface area contributed by atoms with E-state index < -0.39 is 17.5 Å². The molecule has 0 aliphatic carbocycles. The first-order valence-corrected chi connectivity index (χ1v) is 6.35. The van der Waals surface area contributed by atoms with E-state index in [2.05, 4.69) is 21.2 Å². The van der Waals surface area contributed by atoms with E-state index in [1.807, 2.05) is 0 Å². The summed E-state index contributed by atoms with van der Waals surface area (Å²) in [6, 6.07) is 7.39. The monoisotopic (exact) mass is 345 g/mol. The highest BCUT2D eigenvalue weighted by Crippen LogP contribution is 2.21. The third kappa shape index (κ3) is 3.52. The Morgan fingerprint density at radius 2 is 1.89 bits per heavy atom. The summed E-state index contributed by atoms with van der Waals surface area (Å²) >= 11 is 9.00. The van der Waals surface area contributed by atoms with Crippen LogP contribution in [0, 0.1) is 11.6 Å². The topological polar surface area (TPSA) is 29.1 Å². The van der Waals surface area contributed by atoms with Crippen LogP contribution in [0.15, 0.2) is 40.9 Å². The summed E-state index contributed by atoms with van der Waals surface area (Å²) in [6.45, 7) is 0. The minimum atomic E-state index is -0.712. The number of carbonyl (C=O) groups excluding carboxylic acids is 1. The van der Waals surface area contributed by atoms with Gasteiger partial charge in [0.25, 0.3) is 5.91 Å². The van der Waals surface area contributed by atoms with Gasteiger partial charge in [-0.1, -0.05) is 27.5 Å². The summed E-state index contributed by atoms with van der Waals surface area (Å²) in [7, 11) is 0. The SMILES string of the molecule is O=C(Nc1cc(F)ccc1F)c1cc(Cl)cc(Br)c1. The van der Waals surface area contributed by atoms with Crippen LogP contribution in [0.25, 0.3) is 0 Å². The van der Waals surface area contributed by atoms with Gasteiger partial charge < -0.3 is 5.32 Å². The lowest BCUT2D eigenvalue weighted by Gasteiger charge is -2.07. The Labute approximate surface area is 121 Å². The predicted molar refractivity (Wildman–Crippen MR) is 73.5 cm³/mol. The fraction of sp³-hybridized carbons (Fsp3) is 0. The smallest absolute Gasteiger partial charge is 0.255 e. The van der Waals surface area contributed by atoms with E-state index >= 15 is 0 Å². The van der Waals surface area contributed by atoms with Gasteiger partial charge in [-0.2, -0.15) is 0 Å². The fourth-order valence-electron chi connectivity index (χ4n) is 1.47. The molecule has 1 N–H and O–H groups in total. The third-order valence-electron chi connectivity index (χ3n) is 2.30. The van der Waals surface area contributed by atoms with E-state index in [0.717, 1.165) is 18.2 Å². The summed E-state index contributed by atoms with van der Waals surface area (Å²) in [5.41, 5.74) is 0.0177. The van der Waals surface area contributed by atoms with E-state index in [-0.39, 0.29) is 11.3 Å². The van der Waals surface area contributed by atoms with E-state index in [1.165, 1.54) is 12.1 Å². The molecule has 0 heterocycles. The van der Waals surface area contributed by atoms with E-state index in [1.54, 1.807) is 6.07 Å². The summed E-state index contributed by atoms with van der Waals surface area (Å²) in [5, 5.41) is 2.65. The van der Waals surface area contributed by atoms with E-state index in [9.17, 15) is 13.6 Å². The van der Waals surface area contributed by atoms with E-state index in [0.29, 0.717) is 9.50 Å². The number of hydrogen-bond donors (Lipinski definition) is 1. The first kappa shape index (κ1) is 14.0. The van der Waals surface area contributed by atoms with Crippen LogP contribution in [0.3, 0.4) is 0 Å². The molecule has 0 aliphatic rings. The molecule has 1 amide bonds. The van der Waals surface area contributed by atoms with Crippen molar-refractivity contribution < 1.29 is 13.6 Å². The molecule has 0 bridgehead atoms. The maximum atomic E-state index is 13.4. The van der Waals surface area contributed by atoms with Crippen molar-refractivity contribution in [2.75, 3.05) is 5.32 Å². The Morgan fingerprint density at radius 1 is 1.16 bits per heavy atom. The maximum absolute atomic E-state index is 13.4. The van der Waals surface area contributed by atoms with Crippen LogP contribution < -0.4 is 5.32 Å². The van der Waals surface area contributed by atoms with Crippen LogP contribution in [0.2, 0.25) is 5.02 Å². The molecule has 0 saturated heterocycles. The molecule has 0 fully saturated rings. The van der Waals surface area contributed by atoms with E-state index in [4.69, 9.17) is 11.6 Å². The van der Waals surface area contributed by atoms with Crippen LogP contribution in [-0.4, -0.2) is 5.91 Å². The summed E-state index contributed by atoms with van der Waals surface area (Å²) in [6.07, 6.45) is 0. The number of carbonyl (C=O) groups is 1. The van der Waals surface area contributed by atoms with Crippen LogP contribution in [0.5, 0.6) is 0 Å². The van der Waals surface area contributed by atoms with Crippen molar-refractivity contribution in [1.82, 2.24) is 0 Å². The fourth-order valence-corrected chi connectivity index (χ4v) is 2.33. The van der Waals surface area contributed by atoms with Crippen molar-refractivity contribution in [2.24, 2.45) is 0 Å². The van der Waals surface area contributed by atoms with Gasteiger partial charge in [0.2, 0.25) is 0 Å². The lowest BCUT2D eigenvalue weighted by molar-refractivity contribution is 0.102. The number of halogens is 4. The normalized spacial score (nSPS) is 10.3. The molecule has 0 spiro atoms. The summed E-state index contributed by atoms with van der Waals surface area (Å²) < 4.78 is 27.0. The molecule has 0 atom stereocenters. The van der Waals surface area contributed by atoms with Gasteiger partial charge in [-0.25, -0.2) is 8.78 Å². The van der Waals surface area contributed by atoms with Crippen LogP contribution in [0.1, 0.15) is 10.4 Å². The Hall–Kier alpha value is -1.46. The molecule has 0 saturated carbocycles. The molecule has 2 rings (SSSR count). The molecule has 0 radical (unpaired) electrons. The highest BCUT2D eigenvalue weighted by molar-refractivity contribution is 9.10. The quantitative estimate of drug-likeness (QED) is 0.844.